The van der Waals surface area contributed by atoms with Crippen molar-refractivity contribution in [1.82, 2.24) is 14.9 Å². The van der Waals surface area contributed by atoms with E-state index in [0.717, 1.165) is 23.9 Å². The van der Waals surface area contributed by atoms with Gasteiger partial charge < -0.3 is 20.1 Å². The lowest BCUT2D eigenvalue weighted by Gasteiger charge is -2.33. The molecule has 2 aromatic carbocycles. The second kappa shape index (κ2) is 8.75. The average Bonchev–Trinajstić information content (AvgIpc) is 2.75. The highest BCUT2D eigenvalue weighted by Gasteiger charge is 2.24. The Kier molecular flexibility index (Phi) is 5.90. The minimum absolute atomic E-state index is 0.0439. The Balaban J connectivity index is 1.41. The molecule has 0 radical (unpaired) electrons. The second-order valence-corrected chi connectivity index (χ2v) is 7.78. The maximum absolute atomic E-state index is 13.0. The molecule has 1 aromatic heterocycles. The van der Waals surface area contributed by atoms with E-state index in [1.54, 1.807) is 28.8 Å². The lowest BCUT2D eigenvalue weighted by Crippen LogP contribution is -2.47. The van der Waals surface area contributed by atoms with Crippen molar-refractivity contribution in [2.24, 2.45) is 0 Å². The van der Waals surface area contributed by atoms with Crippen LogP contribution in [0.4, 0.5) is 16.3 Å². The van der Waals surface area contributed by atoms with Crippen molar-refractivity contribution in [3.63, 3.8) is 0 Å². The normalized spacial score (nSPS) is 14.7. The predicted octanol–water partition coefficient (Wildman–Crippen LogP) is 3.86. The zero-order chi connectivity index (χ0) is 21.1. The first-order valence-corrected chi connectivity index (χ1v) is 10.5. The zero-order valence-electron chi connectivity index (χ0n) is 16.8. The summed E-state index contributed by atoms with van der Waals surface area (Å²) in [6.07, 6.45) is 1.49. The van der Waals surface area contributed by atoms with E-state index in [0.29, 0.717) is 36.2 Å². The number of carbonyl (C=O) groups is 1. The molecule has 2 heterocycles. The molecule has 0 unspecified atom stereocenters. The van der Waals surface area contributed by atoms with Crippen LogP contribution in [0.25, 0.3) is 11.0 Å². The molecule has 0 spiro atoms. The van der Waals surface area contributed by atoms with Gasteiger partial charge in [0.2, 0.25) is 0 Å². The fraction of sp³-hybridized carbons (Fsp3) is 0.318. The Bertz CT molecular complexity index is 1100. The highest BCUT2D eigenvalue weighted by molar-refractivity contribution is 6.30. The van der Waals surface area contributed by atoms with Gasteiger partial charge in [-0.2, -0.15) is 0 Å². The molecular weight excluding hydrogens is 402 g/mol. The molecule has 8 heteroatoms. The number of rotatable bonds is 4. The molecule has 2 N–H and O–H groups in total. The maximum atomic E-state index is 13.0. The van der Waals surface area contributed by atoms with E-state index in [2.05, 4.69) is 15.6 Å². The summed E-state index contributed by atoms with van der Waals surface area (Å²) in [4.78, 5) is 31.9. The number of nitrogens with one attached hydrogen (secondary N) is 2. The van der Waals surface area contributed by atoms with E-state index in [9.17, 15) is 9.59 Å². The highest BCUT2D eigenvalue weighted by atomic mass is 35.5. The van der Waals surface area contributed by atoms with Crippen molar-refractivity contribution < 1.29 is 4.79 Å². The number of carbonyl (C=O) groups excluding carboxylic acids is 1. The van der Waals surface area contributed by atoms with Crippen LogP contribution in [0.5, 0.6) is 0 Å². The van der Waals surface area contributed by atoms with Gasteiger partial charge in [-0.3, -0.25) is 4.79 Å². The van der Waals surface area contributed by atoms with Crippen LogP contribution >= 0.6 is 11.6 Å². The Hall–Kier alpha value is -3.06. The lowest BCUT2D eigenvalue weighted by molar-refractivity contribution is 0.246. The van der Waals surface area contributed by atoms with Gasteiger partial charge in [-0.15, -0.1) is 0 Å². The molecule has 0 atom stereocenters. The molecule has 7 nitrogen and oxygen atoms in total. The van der Waals surface area contributed by atoms with Crippen LogP contribution in [-0.2, 0) is 6.54 Å². The topological polar surface area (TPSA) is 79.3 Å². The summed E-state index contributed by atoms with van der Waals surface area (Å²) in [5, 5.41) is 6.45. The molecule has 0 aliphatic carbocycles. The third-order valence-corrected chi connectivity index (χ3v) is 5.64. The van der Waals surface area contributed by atoms with Crippen molar-refractivity contribution >= 4 is 40.2 Å². The number of urea groups is 1. The fourth-order valence-corrected chi connectivity index (χ4v) is 3.95. The molecule has 1 saturated heterocycles. The van der Waals surface area contributed by atoms with Gasteiger partial charge in [0.15, 0.2) is 5.82 Å². The van der Waals surface area contributed by atoms with Gasteiger partial charge in [0.1, 0.15) is 0 Å². The summed E-state index contributed by atoms with van der Waals surface area (Å²) < 4.78 is 1.77. The first kappa shape index (κ1) is 20.2. The van der Waals surface area contributed by atoms with Gasteiger partial charge in [-0.1, -0.05) is 23.7 Å². The average molecular weight is 426 g/mol. The smallest absolute Gasteiger partial charge is 0.319 e. The van der Waals surface area contributed by atoms with Crippen molar-refractivity contribution in [2.75, 3.05) is 23.3 Å². The van der Waals surface area contributed by atoms with Gasteiger partial charge in [0.25, 0.3) is 5.56 Å². The summed E-state index contributed by atoms with van der Waals surface area (Å²) in [6.45, 7) is 3.89. The molecule has 0 bridgehead atoms. The third kappa shape index (κ3) is 4.26. The molecule has 1 fully saturated rings. The summed E-state index contributed by atoms with van der Waals surface area (Å²) in [7, 11) is 0. The second-order valence-electron chi connectivity index (χ2n) is 7.34. The minimum atomic E-state index is -0.243. The lowest BCUT2D eigenvalue weighted by atomic mass is 10.1. The van der Waals surface area contributed by atoms with E-state index in [1.165, 1.54) is 0 Å². The number of benzene rings is 2. The van der Waals surface area contributed by atoms with Crippen molar-refractivity contribution in [3.8, 4) is 0 Å². The van der Waals surface area contributed by atoms with Crippen molar-refractivity contribution in [1.29, 1.82) is 0 Å². The van der Waals surface area contributed by atoms with E-state index in [-0.39, 0.29) is 17.6 Å². The minimum Gasteiger partial charge on any atom is -0.352 e. The van der Waals surface area contributed by atoms with E-state index in [4.69, 9.17) is 11.6 Å². The van der Waals surface area contributed by atoms with Gasteiger partial charge in [0.05, 0.1) is 11.0 Å². The number of hydrogen-bond acceptors (Lipinski definition) is 4. The molecule has 4 rings (SSSR count). The van der Waals surface area contributed by atoms with Crippen LogP contribution in [0.3, 0.4) is 0 Å². The van der Waals surface area contributed by atoms with Crippen molar-refractivity contribution in [2.45, 2.75) is 32.4 Å². The van der Waals surface area contributed by atoms with E-state index < -0.39 is 0 Å². The standard InChI is InChI=1S/C22H24ClN5O2/c1-2-28-19-6-4-3-5-18(19)26-20(21(28)29)27-13-11-17(12-14-27)25-22(30)24-16-9-7-15(23)8-10-16/h3-10,17H,2,11-14H2,1H3,(H2,24,25,30). The molecule has 156 valence electrons. The maximum Gasteiger partial charge on any atom is 0.319 e. The number of fused-ring (bicyclic) bond motifs is 1. The molecule has 1 aliphatic rings. The molecule has 2 amide bonds. The largest absolute Gasteiger partial charge is 0.352 e. The first-order valence-electron chi connectivity index (χ1n) is 10.1. The summed E-state index contributed by atoms with van der Waals surface area (Å²) in [6, 6.07) is 14.5. The van der Waals surface area contributed by atoms with E-state index >= 15 is 0 Å². The molecular formula is C22H24ClN5O2. The van der Waals surface area contributed by atoms with Gasteiger partial charge >= 0.3 is 6.03 Å². The Labute approximate surface area is 179 Å². The number of hydrogen-bond donors (Lipinski definition) is 2. The molecule has 0 saturated carbocycles. The quantitative estimate of drug-likeness (QED) is 0.665. The third-order valence-electron chi connectivity index (χ3n) is 5.38. The summed E-state index contributed by atoms with van der Waals surface area (Å²) in [5.74, 6) is 0.486. The monoisotopic (exact) mass is 425 g/mol. The fourth-order valence-electron chi connectivity index (χ4n) is 3.82. The number of nitrogens with zero attached hydrogens (tertiary/aromatic N) is 3. The summed E-state index contributed by atoms with van der Waals surface area (Å²) >= 11 is 5.87. The molecule has 1 aliphatic heterocycles. The van der Waals surface area contributed by atoms with Crippen LogP contribution in [-0.4, -0.2) is 34.7 Å². The Morgan fingerprint density at radius 2 is 1.83 bits per heavy atom. The van der Waals surface area contributed by atoms with Crippen molar-refractivity contribution in [3.05, 3.63) is 63.9 Å². The van der Waals surface area contributed by atoms with Crippen LogP contribution < -0.4 is 21.1 Å². The molecule has 3 aromatic rings. The van der Waals surface area contributed by atoms with Crippen LogP contribution in [0, 0.1) is 0 Å². The SMILES string of the molecule is CCn1c(=O)c(N2CCC(NC(=O)Nc3ccc(Cl)cc3)CC2)nc2ccccc21. The number of anilines is 2. The number of aryl methyl sites for hydroxylation is 1. The first-order chi connectivity index (χ1) is 14.5. The highest BCUT2D eigenvalue weighted by Crippen LogP contribution is 2.19. The van der Waals surface area contributed by atoms with E-state index in [1.807, 2.05) is 36.1 Å². The van der Waals surface area contributed by atoms with Crippen LogP contribution in [0.15, 0.2) is 53.3 Å². The van der Waals surface area contributed by atoms with Gasteiger partial charge in [-0.25, -0.2) is 9.78 Å². The van der Waals surface area contributed by atoms with Gasteiger partial charge in [0, 0.05) is 36.4 Å². The Morgan fingerprint density at radius 3 is 2.53 bits per heavy atom. The zero-order valence-corrected chi connectivity index (χ0v) is 17.5. The summed E-state index contributed by atoms with van der Waals surface area (Å²) in [5.41, 5.74) is 2.29. The number of para-hydroxylation sites is 2. The predicted molar refractivity (Wildman–Crippen MR) is 121 cm³/mol. The Morgan fingerprint density at radius 1 is 1.13 bits per heavy atom. The number of aromatic nitrogens is 2. The van der Waals surface area contributed by atoms with Crippen LogP contribution in [0.1, 0.15) is 19.8 Å². The van der Waals surface area contributed by atoms with Gasteiger partial charge in [-0.05, 0) is 56.2 Å². The number of amides is 2. The number of halogens is 1. The molecule has 30 heavy (non-hydrogen) atoms. The van der Waals surface area contributed by atoms with Crippen LogP contribution in [0.2, 0.25) is 5.02 Å². The number of piperidine rings is 1.